The van der Waals surface area contributed by atoms with Gasteiger partial charge >= 0.3 is 0 Å². The van der Waals surface area contributed by atoms with Gasteiger partial charge < -0.3 is 45.3 Å². The maximum atomic E-state index is 11.5. The van der Waals surface area contributed by atoms with Crippen LogP contribution in [0, 0.1) is 11.8 Å². The lowest BCUT2D eigenvalue weighted by atomic mass is 9.71. The van der Waals surface area contributed by atoms with E-state index < -0.39 is 30.3 Å². The summed E-state index contributed by atoms with van der Waals surface area (Å²) >= 11 is 0. The number of methoxy groups -OCH3 is 1. The van der Waals surface area contributed by atoms with Gasteiger partial charge in [-0.25, -0.2) is 0 Å². The summed E-state index contributed by atoms with van der Waals surface area (Å²) in [5.74, 6) is 0.856. The monoisotopic (exact) mass is 633 g/mol. The quantitative estimate of drug-likeness (QED) is 0.159. The molecule has 6 rings (SSSR count). The van der Waals surface area contributed by atoms with Crippen LogP contribution < -0.4 is 15.0 Å². The van der Waals surface area contributed by atoms with E-state index in [-0.39, 0.29) is 29.3 Å². The zero-order valence-electron chi connectivity index (χ0n) is 27.0. The van der Waals surface area contributed by atoms with E-state index in [9.17, 15) is 25.5 Å². The predicted molar refractivity (Wildman–Crippen MR) is 174 cm³/mol. The second kappa shape index (κ2) is 14.3. The molecular formula is C37H49N2O7-. The molecule has 0 amide bonds. The number of aromatic hydroxyl groups is 3. The Morgan fingerprint density at radius 1 is 0.978 bits per heavy atom. The molecule has 7 atom stereocenters. The van der Waals surface area contributed by atoms with Crippen LogP contribution in [0.15, 0.2) is 36.7 Å². The standard InChI is InChI=1S/C37H49N2O7/c1-38-12-10-21-4-3-5-25(14-21)27-16-23(7-9-30(27)41)24-6-8-26-31(42)18-33(46-32(26)17-24)34-28(15-22-11-13-39-19-22)37(45-2)36(44)35(43)29(34)20-40/h7,9,11,13,16,19,21,24-26,31-33,38,40-44H,3-6,8,10,12,14-15,17-18,20H2,1-2H3/q-1/t21-,24+,25+,26-,31+,32+,33+/m1/s1. The van der Waals surface area contributed by atoms with Crippen molar-refractivity contribution in [2.45, 2.75) is 101 Å². The molecule has 2 aromatic carbocycles. The zero-order chi connectivity index (χ0) is 32.4. The lowest BCUT2D eigenvalue weighted by Gasteiger charge is -2.46. The van der Waals surface area contributed by atoms with Gasteiger partial charge in [0.05, 0.1) is 32.0 Å². The van der Waals surface area contributed by atoms with Gasteiger partial charge in [-0.3, -0.25) is 0 Å². The Morgan fingerprint density at radius 3 is 2.57 bits per heavy atom. The highest BCUT2D eigenvalue weighted by Crippen LogP contribution is 2.52. The summed E-state index contributed by atoms with van der Waals surface area (Å²) < 4.78 is 12.4. The molecule has 3 aliphatic rings. The third-order valence-electron chi connectivity index (χ3n) is 11.0. The van der Waals surface area contributed by atoms with Crippen LogP contribution >= 0.6 is 0 Å². The Hall–Kier alpha value is -3.24. The normalized spacial score (nSPS) is 28.1. The molecule has 250 valence electrons. The number of aliphatic hydroxyl groups is 2. The number of aromatic nitrogens is 1. The summed E-state index contributed by atoms with van der Waals surface area (Å²) in [7, 11) is 3.43. The van der Waals surface area contributed by atoms with Crippen molar-refractivity contribution in [1.29, 1.82) is 0 Å². The largest absolute Gasteiger partial charge is 0.670 e. The molecule has 3 aromatic rings. The molecule has 0 radical (unpaired) electrons. The van der Waals surface area contributed by atoms with Crippen LogP contribution in [0.1, 0.15) is 109 Å². The van der Waals surface area contributed by atoms with Gasteiger partial charge in [0.15, 0.2) is 11.5 Å². The number of nitrogens with one attached hydrogen (secondary N) is 1. The summed E-state index contributed by atoms with van der Waals surface area (Å²) in [6.45, 7) is 0.508. The summed E-state index contributed by atoms with van der Waals surface area (Å²) in [5, 5.41) is 57.8. The molecule has 0 unspecified atom stereocenters. The van der Waals surface area contributed by atoms with Crippen molar-refractivity contribution in [3.8, 4) is 23.0 Å². The first kappa shape index (κ1) is 32.7. The molecule has 0 spiro atoms. The lowest BCUT2D eigenvalue weighted by molar-refractivity contribution is -0.154. The first-order chi connectivity index (χ1) is 22.3. The van der Waals surface area contributed by atoms with Gasteiger partial charge in [-0.1, -0.05) is 36.6 Å². The summed E-state index contributed by atoms with van der Waals surface area (Å²) in [5.41, 5.74) is 4.47. The number of nitrogens with zero attached hydrogens (tertiary/aromatic N) is 1. The van der Waals surface area contributed by atoms with E-state index in [2.05, 4.69) is 16.4 Å². The number of hydrogen-bond donors (Lipinski definition) is 6. The first-order valence-electron chi connectivity index (χ1n) is 16.9. The number of ether oxygens (including phenoxy) is 2. The van der Waals surface area contributed by atoms with Crippen LogP contribution in [-0.4, -0.2) is 58.4 Å². The summed E-state index contributed by atoms with van der Waals surface area (Å²) in [6.07, 6.45) is 10.8. The minimum Gasteiger partial charge on any atom is -0.670 e. The minimum absolute atomic E-state index is 0.0247. The molecule has 1 aliphatic heterocycles. The average Bonchev–Trinajstić information content (AvgIpc) is 3.58. The van der Waals surface area contributed by atoms with Gasteiger partial charge in [0.25, 0.3) is 0 Å². The highest BCUT2D eigenvalue weighted by molar-refractivity contribution is 5.64. The highest BCUT2D eigenvalue weighted by atomic mass is 16.5. The van der Waals surface area contributed by atoms with Crippen LogP contribution in [0.2, 0.25) is 0 Å². The SMILES string of the molecule is CNCC[C@H]1CCC[C@H](c2cc([C@H]3CC[C@H]4[C@H](C3)O[C@H](c3c(CO)c(O)c(O)c(OC)c3Cc3cc[n-]c3)C[C@@H]4O)ccc2O)C1. The van der Waals surface area contributed by atoms with Crippen molar-refractivity contribution < 1.29 is 35.0 Å². The van der Waals surface area contributed by atoms with E-state index in [0.29, 0.717) is 41.6 Å². The predicted octanol–water partition coefficient (Wildman–Crippen LogP) is 5.51. The molecule has 2 saturated carbocycles. The van der Waals surface area contributed by atoms with Crippen molar-refractivity contribution in [3.05, 3.63) is 70.0 Å². The van der Waals surface area contributed by atoms with Crippen molar-refractivity contribution >= 4 is 0 Å². The van der Waals surface area contributed by atoms with Crippen LogP contribution in [0.5, 0.6) is 23.0 Å². The van der Waals surface area contributed by atoms with Crippen molar-refractivity contribution in [1.82, 2.24) is 10.3 Å². The molecule has 2 heterocycles. The molecule has 46 heavy (non-hydrogen) atoms. The summed E-state index contributed by atoms with van der Waals surface area (Å²) in [6, 6.07) is 7.99. The maximum Gasteiger partial charge on any atom is 0.201 e. The second-order valence-corrected chi connectivity index (χ2v) is 13.7. The average molecular weight is 634 g/mol. The van der Waals surface area contributed by atoms with Gasteiger partial charge in [0.1, 0.15) is 5.75 Å². The van der Waals surface area contributed by atoms with E-state index >= 15 is 0 Å². The van der Waals surface area contributed by atoms with Gasteiger partial charge in [0, 0.05) is 23.5 Å². The zero-order valence-corrected chi connectivity index (χ0v) is 27.0. The molecule has 2 aliphatic carbocycles. The van der Waals surface area contributed by atoms with E-state index in [1.54, 1.807) is 12.4 Å². The summed E-state index contributed by atoms with van der Waals surface area (Å²) in [4.78, 5) is 4.17. The lowest BCUT2D eigenvalue weighted by Crippen LogP contribution is -2.44. The fourth-order valence-electron chi connectivity index (χ4n) is 8.64. The molecule has 1 saturated heterocycles. The van der Waals surface area contributed by atoms with E-state index in [1.807, 2.05) is 25.2 Å². The van der Waals surface area contributed by atoms with Crippen LogP contribution in [0.3, 0.4) is 0 Å². The minimum atomic E-state index is -0.626. The maximum absolute atomic E-state index is 11.5. The van der Waals surface area contributed by atoms with Crippen molar-refractivity contribution in [2.75, 3.05) is 20.7 Å². The van der Waals surface area contributed by atoms with Crippen LogP contribution in [-0.2, 0) is 17.8 Å². The van der Waals surface area contributed by atoms with E-state index in [1.165, 1.54) is 25.5 Å². The third kappa shape index (κ3) is 6.47. The Balaban J connectivity index is 1.27. The molecule has 9 heteroatoms. The topological polar surface area (TPSA) is 146 Å². The number of phenols is 3. The number of hydrogen-bond acceptors (Lipinski definition) is 8. The van der Waals surface area contributed by atoms with Crippen LogP contribution in [0.25, 0.3) is 0 Å². The van der Waals surface area contributed by atoms with E-state index in [4.69, 9.17) is 9.47 Å². The third-order valence-corrected chi connectivity index (χ3v) is 11.0. The van der Waals surface area contributed by atoms with E-state index in [0.717, 1.165) is 56.2 Å². The van der Waals surface area contributed by atoms with Gasteiger partial charge in [-0.2, -0.15) is 12.4 Å². The van der Waals surface area contributed by atoms with Gasteiger partial charge in [0.2, 0.25) is 5.75 Å². The molecular weight excluding hydrogens is 584 g/mol. The first-order valence-corrected chi connectivity index (χ1v) is 16.9. The van der Waals surface area contributed by atoms with Crippen molar-refractivity contribution in [3.63, 3.8) is 0 Å². The van der Waals surface area contributed by atoms with Gasteiger partial charge in [-0.15, -0.1) is 0 Å². The number of rotatable bonds is 10. The fraction of sp³-hybridized carbons (Fsp3) is 0.568. The van der Waals surface area contributed by atoms with Crippen LogP contribution in [0.4, 0.5) is 0 Å². The molecule has 6 N–H and O–H groups in total. The second-order valence-electron chi connectivity index (χ2n) is 13.7. The Morgan fingerprint density at radius 2 is 1.83 bits per heavy atom. The number of phenolic OH excluding ortho intramolecular Hbond substituents is 2. The number of benzene rings is 2. The van der Waals surface area contributed by atoms with Gasteiger partial charge in [-0.05, 0) is 99.0 Å². The fourth-order valence-corrected chi connectivity index (χ4v) is 8.64. The molecule has 3 fully saturated rings. The smallest absolute Gasteiger partial charge is 0.201 e. The Labute approximate surface area is 271 Å². The molecule has 1 aromatic heterocycles. The molecule has 9 nitrogen and oxygen atoms in total. The van der Waals surface area contributed by atoms with Crippen molar-refractivity contribution in [2.24, 2.45) is 11.8 Å². The highest BCUT2D eigenvalue weighted by Gasteiger charge is 2.44. The Bertz CT molecular complexity index is 1480. The number of aliphatic hydroxyl groups excluding tert-OH is 2. The molecule has 0 bridgehead atoms. The Kier molecular flexibility index (Phi) is 10.1. The number of fused-ring (bicyclic) bond motifs is 1.